The Balaban J connectivity index is 2.25. The van der Waals surface area contributed by atoms with Crippen molar-refractivity contribution in [2.75, 3.05) is 6.61 Å². The number of rotatable bonds is 9. The third kappa shape index (κ3) is 5.07. The van der Waals surface area contributed by atoms with Gasteiger partial charge in [-0.05, 0) is 25.5 Å². The number of allylic oxidation sites excluding steroid dienone is 1. The fourth-order valence-corrected chi connectivity index (χ4v) is 2.41. The van der Waals surface area contributed by atoms with E-state index in [-0.39, 0.29) is 24.9 Å². The van der Waals surface area contributed by atoms with Gasteiger partial charge in [0, 0.05) is 12.4 Å². The molecule has 2 aromatic rings. The predicted octanol–water partition coefficient (Wildman–Crippen LogP) is 2.93. The van der Waals surface area contributed by atoms with Gasteiger partial charge in [-0.2, -0.15) is 0 Å². The van der Waals surface area contributed by atoms with E-state index in [0.29, 0.717) is 12.2 Å². The number of carbonyl (C=O) groups is 2. The summed E-state index contributed by atoms with van der Waals surface area (Å²) in [5, 5.41) is 0. The first kappa shape index (κ1) is 18.5. The van der Waals surface area contributed by atoms with E-state index in [1.807, 2.05) is 13.8 Å². The molecule has 7 nitrogen and oxygen atoms in total. The maximum Gasteiger partial charge on any atom is 0.329 e. The number of aromatic amines is 1. The summed E-state index contributed by atoms with van der Waals surface area (Å²) < 4.78 is 10.6. The van der Waals surface area contributed by atoms with Crippen LogP contribution in [0.1, 0.15) is 43.1 Å². The minimum atomic E-state index is -0.710. The van der Waals surface area contributed by atoms with Crippen LogP contribution >= 0.6 is 0 Å². The molecular formula is C18H23N3O4. The van der Waals surface area contributed by atoms with Crippen LogP contribution in [0.2, 0.25) is 0 Å². The van der Waals surface area contributed by atoms with Crippen molar-refractivity contribution in [3.05, 3.63) is 54.5 Å². The van der Waals surface area contributed by atoms with Crippen LogP contribution in [0.25, 0.3) is 0 Å². The van der Waals surface area contributed by atoms with Crippen molar-refractivity contribution in [2.24, 2.45) is 0 Å². The smallest absolute Gasteiger partial charge is 0.329 e. The quantitative estimate of drug-likeness (QED) is 0.557. The van der Waals surface area contributed by atoms with Crippen LogP contribution in [-0.2, 0) is 16.1 Å². The molecule has 0 aliphatic carbocycles. The lowest BCUT2D eigenvalue weighted by molar-refractivity contribution is -0.148. The van der Waals surface area contributed by atoms with Crippen LogP contribution < -0.4 is 0 Å². The minimum absolute atomic E-state index is 0.163. The molecule has 0 aliphatic rings. The van der Waals surface area contributed by atoms with Gasteiger partial charge in [0.05, 0.1) is 12.8 Å². The molecule has 2 rings (SSSR count). The van der Waals surface area contributed by atoms with Crippen molar-refractivity contribution < 1.29 is 18.7 Å². The van der Waals surface area contributed by atoms with Crippen molar-refractivity contribution in [2.45, 2.75) is 39.3 Å². The number of hydrogen-bond acceptors (Lipinski definition) is 5. The first-order valence-electron chi connectivity index (χ1n) is 8.27. The van der Waals surface area contributed by atoms with Crippen molar-refractivity contribution in [1.29, 1.82) is 0 Å². The number of furan rings is 1. The Labute approximate surface area is 146 Å². The second-order valence-electron chi connectivity index (χ2n) is 5.45. The Kier molecular flexibility index (Phi) is 7.00. The number of imidazole rings is 1. The van der Waals surface area contributed by atoms with Crippen molar-refractivity contribution in [1.82, 2.24) is 14.9 Å². The molecule has 7 heteroatoms. The highest BCUT2D eigenvalue weighted by Gasteiger charge is 2.32. The standard InChI is InChI=1S/C18H23N3O4/c1-3-5-11-25-18(23)15(7-4-2)21(13-14-8-6-12-24-14)17(22)16-19-9-10-20-16/h3,5-6,8-10,12,15H,4,7,11,13H2,1-2H3,(H,19,20). The molecule has 0 saturated carbocycles. The number of nitrogens with zero attached hydrogens (tertiary/aromatic N) is 2. The van der Waals surface area contributed by atoms with E-state index in [1.165, 1.54) is 17.4 Å². The number of nitrogens with one attached hydrogen (secondary N) is 1. The summed E-state index contributed by atoms with van der Waals surface area (Å²) in [6.45, 7) is 4.14. The van der Waals surface area contributed by atoms with Gasteiger partial charge in [0.15, 0.2) is 5.82 Å². The van der Waals surface area contributed by atoms with E-state index in [1.54, 1.807) is 30.5 Å². The molecule has 0 bridgehead atoms. The minimum Gasteiger partial charge on any atom is -0.467 e. The SMILES string of the molecule is CC=CCOC(=O)C(CCC)N(Cc1ccco1)C(=O)c1ncc[nH]1. The van der Waals surface area contributed by atoms with Crippen LogP contribution in [-0.4, -0.2) is 39.4 Å². The normalized spacial score (nSPS) is 12.2. The average molecular weight is 345 g/mol. The highest BCUT2D eigenvalue weighted by molar-refractivity contribution is 5.93. The van der Waals surface area contributed by atoms with Crippen LogP contribution in [0.3, 0.4) is 0 Å². The van der Waals surface area contributed by atoms with Crippen LogP contribution in [0.5, 0.6) is 0 Å². The van der Waals surface area contributed by atoms with Gasteiger partial charge in [-0.3, -0.25) is 4.79 Å². The van der Waals surface area contributed by atoms with Gasteiger partial charge in [0.1, 0.15) is 18.4 Å². The molecule has 0 spiro atoms. The van der Waals surface area contributed by atoms with E-state index in [4.69, 9.17) is 9.15 Å². The zero-order chi connectivity index (χ0) is 18.1. The zero-order valence-corrected chi connectivity index (χ0v) is 14.5. The van der Waals surface area contributed by atoms with Gasteiger partial charge in [0.2, 0.25) is 0 Å². The molecule has 1 unspecified atom stereocenters. The number of hydrogen-bond donors (Lipinski definition) is 1. The molecule has 0 aliphatic heterocycles. The number of H-pyrrole nitrogens is 1. The number of ether oxygens (including phenoxy) is 1. The lowest BCUT2D eigenvalue weighted by atomic mass is 10.1. The number of carbonyl (C=O) groups excluding carboxylic acids is 2. The lowest BCUT2D eigenvalue weighted by Crippen LogP contribution is -2.45. The predicted molar refractivity (Wildman–Crippen MR) is 91.6 cm³/mol. The lowest BCUT2D eigenvalue weighted by Gasteiger charge is -2.28. The first-order chi connectivity index (χ1) is 12.2. The van der Waals surface area contributed by atoms with Gasteiger partial charge in [-0.15, -0.1) is 0 Å². The molecule has 1 amide bonds. The number of aromatic nitrogens is 2. The fraction of sp³-hybridized carbons (Fsp3) is 0.389. The fourth-order valence-electron chi connectivity index (χ4n) is 2.41. The highest BCUT2D eigenvalue weighted by atomic mass is 16.5. The Morgan fingerprint density at radius 1 is 1.48 bits per heavy atom. The summed E-state index contributed by atoms with van der Waals surface area (Å²) in [6, 6.07) is 2.79. The van der Waals surface area contributed by atoms with Gasteiger partial charge in [-0.25, -0.2) is 9.78 Å². The molecule has 2 heterocycles. The Bertz CT molecular complexity index is 677. The van der Waals surface area contributed by atoms with E-state index >= 15 is 0 Å². The second-order valence-corrected chi connectivity index (χ2v) is 5.45. The molecule has 2 aromatic heterocycles. The van der Waals surface area contributed by atoms with Crippen LogP contribution in [0.4, 0.5) is 0 Å². The Hall–Kier alpha value is -2.83. The second kappa shape index (κ2) is 9.46. The van der Waals surface area contributed by atoms with E-state index in [0.717, 1.165) is 6.42 Å². The third-order valence-corrected chi connectivity index (χ3v) is 3.64. The summed E-state index contributed by atoms with van der Waals surface area (Å²) in [4.78, 5) is 33.6. The van der Waals surface area contributed by atoms with E-state index in [9.17, 15) is 9.59 Å². The first-order valence-corrected chi connectivity index (χ1v) is 8.27. The number of esters is 1. The Morgan fingerprint density at radius 2 is 2.32 bits per heavy atom. The van der Waals surface area contributed by atoms with Gasteiger partial charge < -0.3 is 19.0 Å². The summed E-state index contributed by atoms with van der Waals surface area (Å²) in [6.07, 6.45) is 9.35. The maximum absolute atomic E-state index is 12.9. The summed E-state index contributed by atoms with van der Waals surface area (Å²) in [7, 11) is 0. The van der Waals surface area contributed by atoms with Gasteiger partial charge in [-0.1, -0.05) is 25.5 Å². The third-order valence-electron chi connectivity index (χ3n) is 3.64. The van der Waals surface area contributed by atoms with Crippen molar-refractivity contribution in [3.63, 3.8) is 0 Å². The molecule has 0 aromatic carbocycles. The van der Waals surface area contributed by atoms with Gasteiger partial charge >= 0.3 is 5.97 Å². The molecule has 1 atom stereocenters. The van der Waals surface area contributed by atoms with Crippen molar-refractivity contribution in [3.8, 4) is 0 Å². The molecule has 0 radical (unpaired) electrons. The Morgan fingerprint density at radius 3 is 2.92 bits per heavy atom. The molecule has 134 valence electrons. The molecule has 0 saturated heterocycles. The van der Waals surface area contributed by atoms with Crippen LogP contribution in [0.15, 0.2) is 47.4 Å². The zero-order valence-electron chi connectivity index (χ0n) is 14.5. The maximum atomic E-state index is 12.9. The van der Waals surface area contributed by atoms with E-state index < -0.39 is 12.0 Å². The van der Waals surface area contributed by atoms with E-state index in [2.05, 4.69) is 9.97 Å². The average Bonchev–Trinajstić information content (AvgIpc) is 3.31. The highest BCUT2D eigenvalue weighted by Crippen LogP contribution is 2.17. The number of amides is 1. The van der Waals surface area contributed by atoms with Crippen LogP contribution in [0, 0.1) is 0 Å². The molecular weight excluding hydrogens is 322 g/mol. The van der Waals surface area contributed by atoms with Gasteiger partial charge in [0.25, 0.3) is 5.91 Å². The van der Waals surface area contributed by atoms with Crippen molar-refractivity contribution >= 4 is 11.9 Å². The molecule has 25 heavy (non-hydrogen) atoms. The largest absolute Gasteiger partial charge is 0.467 e. The summed E-state index contributed by atoms with van der Waals surface area (Å²) >= 11 is 0. The summed E-state index contributed by atoms with van der Waals surface area (Å²) in [5.41, 5.74) is 0. The summed E-state index contributed by atoms with van der Waals surface area (Å²) in [5.74, 6) is -0.0505. The molecule has 1 N–H and O–H groups in total. The molecule has 0 fully saturated rings. The monoisotopic (exact) mass is 345 g/mol. The topological polar surface area (TPSA) is 88.4 Å².